The Hall–Kier alpha value is -1.62. The molecule has 0 radical (unpaired) electrons. The van der Waals surface area contributed by atoms with Gasteiger partial charge in [-0.1, -0.05) is 0 Å². The highest BCUT2D eigenvalue weighted by Gasteiger charge is 1.98. The van der Waals surface area contributed by atoms with E-state index in [-0.39, 0.29) is 5.43 Å². The second-order valence-electron chi connectivity index (χ2n) is 2.88. The molecule has 72 valence electrons. The van der Waals surface area contributed by atoms with E-state index in [0.717, 1.165) is 5.69 Å². The van der Waals surface area contributed by atoms with Gasteiger partial charge in [-0.2, -0.15) is 0 Å². The molecule has 2 N–H and O–H groups in total. The van der Waals surface area contributed by atoms with Gasteiger partial charge in [-0.15, -0.1) is 11.3 Å². The highest BCUT2D eigenvalue weighted by molar-refractivity contribution is 7.13. The quantitative estimate of drug-likeness (QED) is 0.797. The molecule has 0 aliphatic carbocycles. The van der Waals surface area contributed by atoms with Crippen LogP contribution >= 0.6 is 11.3 Å². The molecule has 0 aliphatic rings. The van der Waals surface area contributed by atoms with Crippen LogP contribution in [0.4, 0.5) is 5.13 Å². The van der Waals surface area contributed by atoms with Crippen LogP contribution in [-0.4, -0.2) is 9.55 Å². The molecule has 2 heterocycles. The molecule has 0 saturated carbocycles. The minimum atomic E-state index is 0.0130. The number of nitrogen functional groups attached to an aromatic ring is 1. The molecule has 2 rings (SSSR count). The Morgan fingerprint density at radius 2 is 2.14 bits per heavy atom. The number of pyridine rings is 1. The third-order valence-corrected chi connectivity index (χ3v) is 2.50. The molecule has 4 nitrogen and oxygen atoms in total. The van der Waals surface area contributed by atoms with Crippen molar-refractivity contribution in [3.63, 3.8) is 0 Å². The fourth-order valence-electron chi connectivity index (χ4n) is 1.13. The van der Waals surface area contributed by atoms with Crippen molar-refractivity contribution in [1.82, 2.24) is 9.55 Å². The topological polar surface area (TPSA) is 60.9 Å². The van der Waals surface area contributed by atoms with Crippen LogP contribution in [0.3, 0.4) is 0 Å². The van der Waals surface area contributed by atoms with Crippen LogP contribution in [0.5, 0.6) is 0 Å². The fraction of sp³-hybridized carbons (Fsp3) is 0.111. The fourth-order valence-corrected chi connectivity index (χ4v) is 1.69. The molecule has 0 aromatic carbocycles. The summed E-state index contributed by atoms with van der Waals surface area (Å²) in [5.74, 6) is 0. The van der Waals surface area contributed by atoms with Gasteiger partial charge in [-0.25, -0.2) is 4.98 Å². The monoisotopic (exact) mass is 207 g/mol. The molecule has 2 aromatic rings. The lowest BCUT2D eigenvalue weighted by Crippen LogP contribution is -2.04. The molecule has 5 heteroatoms. The number of hydrogen-bond acceptors (Lipinski definition) is 4. The van der Waals surface area contributed by atoms with E-state index in [2.05, 4.69) is 4.98 Å². The number of anilines is 1. The summed E-state index contributed by atoms with van der Waals surface area (Å²) < 4.78 is 1.88. The number of thiazole rings is 1. The summed E-state index contributed by atoms with van der Waals surface area (Å²) in [6.07, 6.45) is 3.47. The molecule has 0 fully saturated rings. The van der Waals surface area contributed by atoms with Gasteiger partial charge in [0.2, 0.25) is 0 Å². The zero-order valence-electron chi connectivity index (χ0n) is 7.38. The zero-order chi connectivity index (χ0) is 9.97. The predicted octanol–water partition coefficient (Wildman–Crippen LogP) is 0.935. The molecular formula is C9H9N3OS. The van der Waals surface area contributed by atoms with Crippen molar-refractivity contribution in [3.8, 4) is 0 Å². The highest BCUT2D eigenvalue weighted by Crippen LogP contribution is 2.11. The van der Waals surface area contributed by atoms with E-state index in [1.165, 1.54) is 23.5 Å². The molecule has 2 aromatic heterocycles. The van der Waals surface area contributed by atoms with Gasteiger partial charge in [0, 0.05) is 29.9 Å². The SMILES string of the molecule is Nc1nc(Cn2ccc(=O)cc2)cs1. The highest BCUT2D eigenvalue weighted by atomic mass is 32.1. The minimum Gasteiger partial charge on any atom is -0.375 e. The second kappa shape index (κ2) is 3.63. The van der Waals surface area contributed by atoms with E-state index >= 15 is 0 Å². The summed E-state index contributed by atoms with van der Waals surface area (Å²) in [6, 6.07) is 3.05. The van der Waals surface area contributed by atoms with Crippen LogP contribution in [0.25, 0.3) is 0 Å². The second-order valence-corrected chi connectivity index (χ2v) is 3.77. The van der Waals surface area contributed by atoms with E-state index in [4.69, 9.17) is 5.73 Å². The summed E-state index contributed by atoms with van der Waals surface area (Å²) in [5.41, 5.74) is 6.43. The first kappa shape index (κ1) is 8.96. The van der Waals surface area contributed by atoms with Crippen molar-refractivity contribution in [1.29, 1.82) is 0 Å². The molecular weight excluding hydrogens is 198 g/mol. The van der Waals surface area contributed by atoms with Gasteiger partial charge in [0.05, 0.1) is 12.2 Å². The van der Waals surface area contributed by atoms with Crippen molar-refractivity contribution in [3.05, 3.63) is 45.8 Å². The van der Waals surface area contributed by atoms with E-state index in [9.17, 15) is 4.79 Å². The Labute approximate surface area is 84.6 Å². The first-order chi connectivity index (χ1) is 6.74. The van der Waals surface area contributed by atoms with Gasteiger partial charge in [-0.05, 0) is 0 Å². The molecule has 14 heavy (non-hydrogen) atoms. The Morgan fingerprint density at radius 3 is 2.71 bits per heavy atom. The first-order valence-corrected chi connectivity index (χ1v) is 4.98. The Balaban J connectivity index is 2.19. The van der Waals surface area contributed by atoms with Crippen molar-refractivity contribution >= 4 is 16.5 Å². The van der Waals surface area contributed by atoms with Crippen molar-refractivity contribution in [2.24, 2.45) is 0 Å². The van der Waals surface area contributed by atoms with E-state index in [0.29, 0.717) is 11.7 Å². The molecule has 0 unspecified atom stereocenters. The number of nitrogens with two attached hydrogens (primary N) is 1. The molecule has 0 atom stereocenters. The van der Waals surface area contributed by atoms with Crippen LogP contribution in [-0.2, 0) is 6.54 Å². The third kappa shape index (κ3) is 2.00. The summed E-state index contributed by atoms with van der Waals surface area (Å²) in [6.45, 7) is 0.647. The summed E-state index contributed by atoms with van der Waals surface area (Å²) in [5, 5.41) is 2.48. The van der Waals surface area contributed by atoms with Gasteiger partial charge in [-0.3, -0.25) is 4.79 Å². The van der Waals surface area contributed by atoms with Gasteiger partial charge in [0.25, 0.3) is 0 Å². The number of hydrogen-bond donors (Lipinski definition) is 1. The maximum absolute atomic E-state index is 10.8. The molecule has 0 aliphatic heterocycles. The normalized spacial score (nSPS) is 10.3. The maximum Gasteiger partial charge on any atom is 0.181 e. The molecule has 0 amide bonds. The van der Waals surface area contributed by atoms with Gasteiger partial charge in [0.1, 0.15) is 0 Å². The Kier molecular flexibility index (Phi) is 2.32. The Bertz CT molecular complexity index is 468. The van der Waals surface area contributed by atoms with Crippen molar-refractivity contribution < 1.29 is 0 Å². The van der Waals surface area contributed by atoms with E-state index in [1.807, 2.05) is 9.95 Å². The van der Waals surface area contributed by atoms with E-state index in [1.54, 1.807) is 12.4 Å². The number of rotatable bonds is 2. The summed E-state index contributed by atoms with van der Waals surface area (Å²) >= 11 is 1.42. The minimum absolute atomic E-state index is 0.0130. The zero-order valence-corrected chi connectivity index (χ0v) is 8.20. The van der Waals surface area contributed by atoms with Crippen LogP contribution in [0, 0.1) is 0 Å². The van der Waals surface area contributed by atoms with Crippen LogP contribution in [0.15, 0.2) is 34.7 Å². The molecule has 0 spiro atoms. The lowest BCUT2D eigenvalue weighted by molar-refractivity contribution is 0.772. The van der Waals surface area contributed by atoms with Gasteiger partial charge in [0.15, 0.2) is 10.6 Å². The lowest BCUT2D eigenvalue weighted by Gasteiger charge is -2.01. The van der Waals surface area contributed by atoms with Crippen LogP contribution in [0.2, 0.25) is 0 Å². The predicted molar refractivity (Wildman–Crippen MR) is 56.3 cm³/mol. The van der Waals surface area contributed by atoms with E-state index < -0.39 is 0 Å². The Morgan fingerprint density at radius 1 is 1.43 bits per heavy atom. The largest absolute Gasteiger partial charge is 0.375 e. The average molecular weight is 207 g/mol. The third-order valence-electron chi connectivity index (χ3n) is 1.77. The molecule has 0 saturated heterocycles. The summed E-state index contributed by atoms with van der Waals surface area (Å²) in [7, 11) is 0. The van der Waals surface area contributed by atoms with Gasteiger partial charge < -0.3 is 10.3 Å². The lowest BCUT2D eigenvalue weighted by atomic mass is 10.4. The number of aromatic nitrogens is 2. The van der Waals surface area contributed by atoms with Crippen LogP contribution < -0.4 is 11.2 Å². The standard InChI is InChI=1S/C9H9N3OS/c10-9-11-7(6-14-9)5-12-3-1-8(13)2-4-12/h1-4,6H,5H2,(H2,10,11). The average Bonchev–Trinajstić information content (AvgIpc) is 2.56. The first-order valence-electron chi connectivity index (χ1n) is 4.10. The smallest absolute Gasteiger partial charge is 0.181 e. The maximum atomic E-state index is 10.8. The van der Waals surface area contributed by atoms with Crippen molar-refractivity contribution in [2.45, 2.75) is 6.54 Å². The number of nitrogens with zero attached hydrogens (tertiary/aromatic N) is 2. The molecule has 0 bridgehead atoms. The summed E-state index contributed by atoms with van der Waals surface area (Å²) in [4.78, 5) is 15.0. The van der Waals surface area contributed by atoms with Crippen molar-refractivity contribution in [2.75, 3.05) is 5.73 Å². The van der Waals surface area contributed by atoms with Gasteiger partial charge >= 0.3 is 0 Å². The van der Waals surface area contributed by atoms with Crippen LogP contribution in [0.1, 0.15) is 5.69 Å².